The minimum absolute atomic E-state index is 0.924. The summed E-state index contributed by atoms with van der Waals surface area (Å²) in [5.41, 5.74) is 2.36. The quantitative estimate of drug-likeness (QED) is 0.733. The van der Waals surface area contributed by atoms with Crippen LogP contribution in [0.5, 0.6) is 0 Å². The largest absolute Gasteiger partial charge is 0.297 e. The van der Waals surface area contributed by atoms with Crippen LogP contribution < -0.4 is 0 Å². The molecule has 0 N–H and O–H groups in total. The zero-order valence-electron chi connectivity index (χ0n) is 10.1. The van der Waals surface area contributed by atoms with E-state index < -0.39 is 0 Å². The van der Waals surface area contributed by atoms with Crippen molar-refractivity contribution in [3.8, 4) is 0 Å². The fourth-order valence-electron chi connectivity index (χ4n) is 1.70. The average molecular weight is 353 g/mol. The van der Waals surface area contributed by atoms with Gasteiger partial charge in [-0.3, -0.25) is 9.58 Å². The highest BCUT2D eigenvalue weighted by atomic mass is 79.9. The molecule has 0 saturated heterocycles. The first-order valence-electron chi connectivity index (χ1n) is 5.64. The normalized spacial score (nSPS) is 11.4. The summed E-state index contributed by atoms with van der Waals surface area (Å²) in [6.45, 7) is 10.4. The van der Waals surface area contributed by atoms with Gasteiger partial charge in [-0.15, -0.1) is 0 Å². The smallest absolute Gasteiger partial charge is 0.0739 e. The summed E-state index contributed by atoms with van der Waals surface area (Å²) >= 11 is 7.12. The molecule has 0 radical (unpaired) electrons. The van der Waals surface area contributed by atoms with E-state index in [-0.39, 0.29) is 0 Å². The Morgan fingerprint density at radius 3 is 2.56 bits per heavy atom. The molecule has 0 aromatic carbocycles. The van der Waals surface area contributed by atoms with Crippen LogP contribution in [-0.2, 0) is 13.1 Å². The van der Waals surface area contributed by atoms with Crippen LogP contribution in [0.1, 0.15) is 25.2 Å². The first kappa shape index (κ1) is 14.2. The van der Waals surface area contributed by atoms with E-state index >= 15 is 0 Å². The molecule has 0 bridgehead atoms. The standard InChI is InChI=1S/C11H19Br2N3/c1-4-15(7-6-12)8-10-11(13)9(3)14-16(10)5-2/h4-8H2,1-3H3. The third-order valence-electron chi connectivity index (χ3n) is 2.67. The van der Waals surface area contributed by atoms with Gasteiger partial charge in [0, 0.05) is 25.0 Å². The molecule has 1 aromatic heterocycles. The Bertz CT molecular complexity index is 336. The molecule has 16 heavy (non-hydrogen) atoms. The molecule has 1 heterocycles. The molecule has 1 aromatic rings. The second-order valence-electron chi connectivity index (χ2n) is 3.72. The van der Waals surface area contributed by atoms with Crippen LogP contribution in [0.3, 0.4) is 0 Å². The Labute approximate surface area is 114 Å². The van der Waals surface area contributed by atoms with Crippen LogP contribution in [0.4, 0.5) is 0 Å². The Balaban J connectivity index is 2.85. The molecule has 0 atom stereocenters. The number of rotatable bonds is 6. The predicted octanol–water partition coefficient (Wildman–Crippen LogP) is 3.19. The molecule has 0 amide bonds. The lowest BCUT2D eigenvalue weighted by Crippen LogP contribution is -2.26. The molecule has 1 rings (SSSR count). The Morgan fingerprint density at radius 2 is 2.06 bits per heavy atom. The van der Waals surface area contributed by atoms with Gasteiger partial charge in [-0.25, -0.2) is 0 Å². The lowest BCUT2D eigenvalue weighted by Gasteiger charge is -2.19. The summed E-state index contributed by atoms with van der Waals surface area (Å²) in [6.07, 6.45) is 0. The minimum Gasteiger partial charge on any atom is -0.297 e. The van der Waals surface area contributed by atoms with Crippen molar-refractivity contribution in [1.29, 1.82) is 0 Å². The van der Waals surface area contributed by atoms with E-state index in [1.807, 2.05) is 6.92 Å². The van der Waals surface area contributed by atoms with Crippen molar-refractivity contribution in [3.05, 3.63) is 15.9 Å². The van der Waals surface area contributed by atoms with E-state index in [0.29, 0.717) is 0 Å². The SMILES string of the molecule is CCN(CCBr)Cc1c(Br)c(C)nn1CC. The first-order chi connectivity index (χ1) is 7.63. The van der Waals surface area contributed by atoms with Gasteiger partial charge in [0.05, 0.1) is 15.9 Å². The van der Waals surface area contributed by atoms with Crippen molar-refractivity contribution in [2.45, 2.75) is 33.9 Å². The molecule has 0 spiro atoms. The monoisotopic (exact) mass is 351 g/mol. The van der Waals surface area contributed by atoms with E-state index in [4.69, 9.17) is 0 Å². The summed E-state index contributed by atoms with van der Waals surface area (Å²) in [6, 6.07) is 0. The molecule has 0 aliphatic heterocycles. The summed E-state index contributed by atoms with van der Waals surface area (Å²) in [7, 11) is 0. The molecule has 0 saturated carbocycles. The van der Waals surface area contributed by atoms with Gasteiger partial charge in [-0.2, -0.15) is 5.10 Å². The molecule has 5 heteroatoms. The van der Waals surface area contributed by atoms with Crippen molar-refractivity contribution in [1.82, 2.24) is 14.7 Å². The van der Waals surface area contributed by atoms with E-state index in [1.54, 1.807) is 0 Å². The molecular weight excluding hydrogens is 334 g/mol. The molecule has 0 aliphatic rings. The number of aromatic nitrogens is 2. The van der Waals surface area contributed by atoms with Crippen molar-refractivity contribution >= 4 is 31.9 Å². The third kappa shape index (κ3) is 3.31. The number of alkyl halides is 1. The van der Waals surface area contributed by atoms with Gasteiger partial charge in [0.2, 0.25) is 0 Å². The highest BCUT2D eigenvalue weighted by Gasteiger charge is 2.14. The van der Waals surface area contributed by atoms with Crippen molar-refractivity contribution < 1.29 is 0 Å². The highest BCUT2D eigenvalue weighted by Crippen LogP contribution is 2.22. The van der Waals surface area contributed by atoms with Crippen LogP contribution in [0.25, 0.3) is 0 Å². The van der Waals surface area contributed by atoms with E-state index in [1.165, 1.54) is 5.69 Å². The second kappa shape index (κ2) is 6.77. The maximum absolute atomic E-state index is 4.51. The van der Waals surface area contributed by atoms with Gasteiger partial charge in [-0.1, -0.05) is 22.9 Å². The number of halogens is 2. The summed E-state index contributed by atoms with van der Waals surface area (Å²) < 4.78 is 3.23. The molecule has 3 nitrogen and oxygen atoms in total. The second-order valence-corrected chi connectivity index (χ2v) is 5.31. The molecule has 0 aliphatic carbocycles. The van der Waals surface area contributed by atoms with Crippen LogP contribution >= 0.6 is 31.9 Å². The van der Waals surface area contributed by atoms with Crippen molar-refractivity contribution in [3.63, 3.8) is 0 Å². The van der Waals surface area contributed by atoms with E-state index in [0.717, 1.165) is 41.7 Å². The lowest BCUT2D eigenvalue weighted by atomic mass is 10.3. The fourth-order valence-corrected chi connectivity index (χ4v) is 2.61. The predicted molar refractivity (Wildman–Crippen MR) is 75.1 cm³/mol. The van der Waals surface area contributed by atoms with E-state index in [9.17, 15) is 0 Å². The number of hydrogen-bond acceptors (Lipinski definition) is 2. The topological polar surface area (TPSA) is 21.1 Å². The highest BCUT2D eigenvalue weighted by molar-refractivity contribution is 9.10. The van der Waals surface area contributed by atoms with E-state index in [2.05, 4.69) is 60.4 Å². The van der Waals surface area contributed by atoms with Gasteiger partial charge >= 0.3 is 0 Å². The summed E-state index contributed by atoms with van der Waals surface area (Å²) in [5.74, 6) is 0. The Morgan fingerprint density at radius 1 is 1.38 bits per heavy atom. The lowest BCUT2D eigenvalue weighted by molar-refractivity contribution is 0.288. The van der Waals surface area contributed by atoms with Gasteiger partial charge in [0.25, 0.3) is 0 Å². The zero-order valence-corrected chi connectivity index (χ0v) is 13.3. The van der Waals surface area contributed by atoms with Crippen LogP contribution in [0.15, 0.2) is 4.47 Å². The zero-order chi connectivity index (χ0) is 12.1. The first-order valence-corrected chi connectivity index (χ1v) is 7.55. The molecule has 0 fully saturated rings. The van der Waals surface area contributed by atoms with Crippen molar-refractivity contribution in [2.24, 2.45) is 0 Å². The van der Waals surface area contributed by atoms with Gasteiger partial charge in [-0.05, 0) is 36.3 Å². The summed E-state index contributed by atoms with van der Waals surface area (Å²) in [5, 5.41) is 5.52. The van der Waals surface area contributed by atoms with Gasteiger partial charge in [0.1, 0.15) is 0 Å². The van der Waals surface area contributed by atoms with Crippen molar-refractivity contribution in [2.75, 3.05) is 18.4 Å². The minimum atomic E-state index is 0.924. The molecule has 0 unspecified atom stereocenters. The van der Waals surface area contributed by atoms with Crippen LogP contribution in [0.2, 0.25) is 0 Å². The Kier molecular flexibility index (Phi) is 6.00. The Hall–Kier alpha value is 0.130. The number of hydrogen-bond donors (Lipinski definition) is 0. The maximum Gasteiger partial charge on any atom is 0.0739 e. The van der Waals surface area contributed by atoms with Gasteiger partial charge < -0.3 is 0 Å². The fraction of sp³-hybridized carbons (Fsp3) is 0.727. The third-order valence-corrected chi connectivity index (χ3v) is 4.06. The molecular formula is C11H19Br2N3. The van der Waals surface area contributed by atoms with Crippen LogP contribution in [0, 0.1) is 6.92 Å². The number of aryl methyl sites for hydroxylation is 2. The van der Waals surface area contributed by atoms with Gasteiger partial charge in [0.15, 0.2) is 0 Å². The number of nitrogens with zero attached hydrogens (tertiary/aromatic N) is 3. The summed E-state index contributed by atoms with van der Waals surface area (Å²) in [4.78, 5) is 2.40. The molecule has 92 valence electrons. The maximum atomic E-state index is 4.51. The average Bonchev–Trinajstić information content (AvgIpc) is 2.55. The van der Waals surface area contributed by atoms with Crippen LogP contribution in [-0.4, -0.2) is 33.1 Å².